The summed E-state index contributed by atoms with van der Waals surface area (Å²) in [4.78, 5) is 2.41. The van der Waals surface area contributed by atoms with Gasteiger partial charge in [-0.1, -0.05) is 6.42 Å². The van der Waals surface area contributed by atoms with Crippen molar-refractivity contribution in [2.75, 3.05) is 32.9 Å². The Labute approximate surface area is 87.1 Å². The number of hydrogen-bond acceptors (Lipinski definition) is 3. The minimum absolute atomic E-state index is 0.314. The molecule has 14 heavy (non-hydrogen) atoms. The first kappa shape index (κ1) is 12.0. The first-order chi connectivity index (χ1) is 6.88. The van der Waals surface area contributed by atoms with Crippen molar-refractivity contribution in [2.24, 2.45) is 0 Å². The van der Waals surface area contributed by atoms with Crippen LogP contribution in [0.15, 0.2) is 0 Å². The Bertz CT molecular complexity index is 141. The van der Waals surface area contributed by atoms with E-state index in [4.69, 9.17) is 4.74 Å². The molecule has 0 spiro atoms. The maximum absolute atomic E-state index is 9.19. The van der Waals surface area contributed by atoms with Gasteiger partial charge in [0.25, 0.3) is 0 Å². The molecule has 1 rings (SSSR count). The molecule has 1 aliphatic heterocycles. The Hall–Kier alpha value is -0.120. The van der Waals surface area contributed by atoms with E-state index in [2.05, 4.69) is 4.90 Å². The molecule has 3 nitrogen and oxygen atoms in total. The summed E-state index contributed by atoms with van der Waals surface area (Å²) in [5.74, 6) is 0. The molecule has 0 bridgehead atoms. The molecule has 0 aromatic rings. The molecule has 0 saturated carbocycles. The number of aliphatic hydroxyl groups excluding tert-OH is 1. The highest BCUT2D eigenvalue weighted by molar-refractivity contribution is 4.75. The molecule has 0 aromatic carbocycles. The minimum atomic E-state index is 0.314. The van der Waals surface area contributed by atoms with Gasteiger partial charge in [0, 0.05) is 25.8 Å². The quantitative estimate of drug-likeness (QED) is 0.657. The predicted molar refractivity (Wildman–Crippen MR) is 57.4 cm³/mol. The fourth-order valence-corrected chi connectivity index (χ4v) is 2.08. The van der Waals surface area contributed by atoms with Gasteiger partial charge in [-0.05, 0) is 32.7 Å². The highest BCUT2D eigenvalue weighted by Crippen LogP contribution is 2.16. The van der Waals surface area contributed by atoms with Gasteiger partial charge in [-0.3, -0.25) is 4.90 Å². The largest absolute Gasteiger partial charge is 0.395 e. The Kier molecular flexibility index (Phi) is 6.15. The van der Waals surface area contributed by atoms with Crippen LogP contribution in [-0.4, -0.2) is 49.0 Å². The second-order valence-electron chi connectivity index (χ2n) is 3.92. The van der Waals surface area contributed by atoms with Crippen LogP contribution in [0.4, 0.5) is 0 Å². The van der Waals surface area contributed by atoms with Crippen LogP contribution in [0.25, 0.3) is 0 Å². The molecular formula is C11H23NO2. The molecule has 1 heterocycles. The van der Waals surface area contributed by atoms with Crippen molar-refractivity contribution in [1.82, 2.24) is 4.90 Å². The maximum atomic E-state index is 9.19. The summed E-state index contributed by atoms with van der Waals surface area (Å²) in [5.41, 5.74) is 0. The molecule has 1 atom stereocenters. The first-order valence-electron chi connectivity index (χ1n) is 5.81. The lowest BCUT2D eigenvalue weighted by atomic mass is 10.0. The van der Waals surface area contributed by atoms with Gasteiger partial charge in [0.1, 0.15) is 0 Å². The van der Waals surface area contributed by atoms with Crippen LogP contribution in [0.3, 0.4) is 0 Å². The summed E-state index contributed by atoms with van der Waals surface area (Å²) >= 11 is 0. The van der Waals surface area contributed by atoms with E-state index in [9.17, 15) is 5.11 Å². The number of ether oxygens (including phenoxy) is 1. The molecule has 1 N–H and O–H groups in total. The van der Waals surface area contributed by atoms with Crippen LogP contribution in [0.5, 0.6) is 0 Å². The van der Waals surface area contributed by atoms with Crippen molar-refractivity contribution < 1.29 is 9.84 Å². The van der Waals surface area contributed by atoms with E-state index < -0.39 is 0 Å². The third-order valence-corrected chi connectivity index (χ3v) is 2.90. The highest BCUT2D eigenvalue weighted by atomic mass is 16.5. The van der Waals surface area contributed by atoms with Gasteiger partial charge < -0.3 is 9.84 Å². The molecule has 1 aliphatic rings. The van der Waals surface area contributed by atoms with Gasteiger partial charge in [0.15, 0.2) is 0 Å². The highest BCUT2D eigenvalue weighted by Gasteiger charge is 2.20. The van der Waals surface area contributed by atoms with Gasteiger partial charge in [-0.15, -0.1) is 0 Å². The van der Waals surface area contributed by atoms with Crippen molar-refractivity contribution in [2.45, 2.75) is 38.6 Å². The lowest BCUT2D eigenvalue weighted by Gasteiger charge is -2.34. The molecule has 0 radical (unpaired) electrons. The second kappa shape index (κ2) is 7.21. The smallest absolute Gasteiger partial charge is 0.0586 e. The Morgan fingerprint density at radius 1 is 1.43 bits per heavy atom. The third kappa shape index (κ3) is 3.95. The van der Waals surface area contributed by atoms with E-state index in [-0.39, 0.29) is 0 Å². The zero-order valence-corrected chi connectivity index (χ0v) is 9.24. The molecule has 0 aliphatic carbocycles. The summed E-state index contributed by atoms with van der Waals surface area (Å²) in [5, 5.41) is 9.19. The van der Waals surface area contributed by atoms with E-state index in [0.29, 0.717) is 12.6 Å². The average Bonchev–Trinajstić information content (AvgIpc) is 2.25. The number of hydrogen-bond donors (Lipinski definition) is 1. The van der Waals surface area contributed by atoms with Crippen molar-refractivity contribution in [3.8, 4) is 0 Å². The van der Waals surface area contributed by atoms with Crippen molar-refractivity contribution in [3.63, 3.8) is 0 Å². The number of aliphatic hydroxyl groups is 1. The monoisotopic (exact) mass is 201 g/mol. The van der Waals surface area contributed by atoms with Crippen LogP contribution in [-0.2, 0) is 4.74 Å². The number of likely N-dealkylation sites (tertiary alicyclic amines) is 1. The van der Waals surface area contributed by atoms with Crippen molar-refractivity contribution in [3.05, 3.63) is 0 Å². The lowest BCUT2D eigenvalue weighted by Crippen LogP contribution is -2.42. The van der Waals surface area contributed by atoms with Gasteiger partial charge >= 0.3 is 0 Å². The molecule has 1 unspecified atom stereocenters. The van der Waals surface area contributed by atoms with Crippen LogP contribution in [0, 0.1) is 0 Å². The average molecular weight is 201 g/mol. The number of piperidine rings is 1. The van der Waals surface area contributed by atoms with Gasteiger partial charge in [-0.2, -0.15) is 0 Å². The van der Waals surface area contributed by atoms with Crippen molar-refractivity contribution >= 4 is 0 Å². The maximum Gasteiger partial charge on any atom is 0.0586 e. The van der Waals surface area contributed by atoms with E-state index in [1.54, 1.807) is 0 Å². The zero-order valence-electron chi connectivity index (χ0n) is 9.24. The van der Waals surface area contributed by atoms with Crippen LogP contribution >= 0.6 is 0 Å². The van der Waals surface area contributed by atoms with E-state index in [1.165, 1.54) is 12.8 Å². The summed E-state index contributed by atoms with van der Waals surface area (Å²) in [6.45, 7) is 6.23. The Balaban J connectivity index is 2.13. The summed E-state index contributed by atoms with van der Waals surface area (Å²) in [6, 6.07) is 0.408. The van der Waals surface area contributed by atoms with Crippen LogP contribution in [0.2, 0.25) is 0 Å². The molecule has 3 heteroatoms. The fraction of sp³-hybridized carbons (Fsp3) is 1.00. The Morgan fingerprint density at radius 3 is 3.00 bits per heavy atom. The topological polar surface area (TPSA) is 32.7 Å². The molecule has 1 fully saturated rings. The van der Waals surface area contributed by atoms with E-state index >= 15 is 0 Å². The van der Waals surface area contributed by atoms with Gasteiger partial charge in [0.2, 0.25) is 0 Å². The van der Waals surface area contributed by atoms with Crippen LogP contribution < -0.4 is 0 Å². The summed E-state index contributed by atoms with van der Waals surface area (Å²) in [6.07, 6.45) is 4.80. The zero-order chi connectivity index (χ0) is 10.2. The van der Waals surface area contributed by atoms with Gasteiger partial charge in [-0.25, -0.2) is 0 Å². The fourth-order valence-electron chi connectivity index (χ4n) is 2.08. The van der Waals surface area contributed by atoms with E-state index in [0.717, 1.165) is 39.1 Å². The minimum Gasteiger partial charge on any atom is -0.395 e. The molecule has 0 aromatic heterocycles. The predicted octanol–water partition coefficient (Wildman–Crippen LogP) is 1.26. The van der Waals surface area contributed by atoms with E-state index in [1.807, 2.05) is 6.92 Å². The molecule has 84 valence electrons. The molecular weight excluding hydrogens is 178 g/mol. The molecule has 1 saturated heterocycles. The summed E-state index contributed by atoms with van der Waals surface area (Å²) < 4.78 is 5.30. The second-order valence-corrected chi connectivity index (χ2v) is 3.92. The number of nitrogens with zero attached hydrogens (tertiary/aromatic N) is 1. The molecule has 0 amide bonds. The van der Waals surface area contributed by atoms with Gasteiger partial charge in [0.05, 0.1) is 6.61 Å². The summed E-state index contributed by atoms with van der Waals surface area (Å²) in [7, 11) is 0. The normalized spacial score (nSPS) is 24.0. The lowest BCUT2D eigenvalue weighted by molar-refractivity contribution is 0.0739. The SMILES string of the molecule is CCOCCCN1CCCCC1CO. The first-order valence-corrected chi connectivity index (χ1v) is 5.81. The van der Waals surface area contributed by atoms with Crippen molar-refractivity contribution in [1.29, 1.82) is 0 Å². The van der Waals surface area contributed by atoms with Crippen LogP contribution in [0.1, 0.15) is 32.6 Å². The Morgan fingerprint density at radius 2 is 2.29 bits per heavy atom. The third-order valence-electron chi connectivity index (χ3n) is 2.90. The number of rotatable bonds is 6. The standard InChI is InChI=1S/C11H23NO2/c1-2-14-9-5-8-12-7-4-3-6-11(12)10-13/h11,13H,2-10H2,1H3.